The number of urea groups is 1. The summed E-state index contributed by atoms with van der Waals surface area (Å²) in [6.07, 6.45) is 5.36. The van der Waals surface area contributed by atoms with Crippen LogP contribution in [0.4, 0.5) is 13.6 Å². The summed E-state index contributed by atoms with van der Waals surface area (Å²) in [5.41, 5.74) is 0.456. The van der Waals surface area contributed by atoms with Gasteiger partial charge in [-0.25, -0.2) is 13.6 Å². The van der Waals surface area contributed by atoms with Crippen molar-refractivity contribution in [1.82, 2.24) is 10.6 Å². The second-order valence-corrected chi connectivity index (χ2v) is 8.20. The van der Waals surface area contributed by atoms with E-state index >= 15 is 0 Å². The number of alkyl halides is 2. The third kappa shape index (κ3) is 3.58. The molecule has 4 nitrogen and oxygen atoms in total. The molecule has 2 amide bonds. The van der Waals surface area contributed by atoms with Gasteiger partial charge in [-0.1, -0.05) is 25.5 Å². The van der Waals surface area contributed by atoms with Crippen LogP contribution >= 0.6 is 0 Å². The van der Waals surface area contributed by atoms with Crippen LogP contribution in [0.1, 0.15) is 52.4 Å². The van der Waals surface area contributed by atoms with Crippen LogP contribution in [0.3, 0.4) is 0 Å². The first-order valence-electron chi connectivity index (χ1n) is 8.94. The predicted octanol–water partition coefficient (Wildman–Crippen LogP) is 3.63. The fourth-order valence-corrected chi connectivity index (χ4v) is 4.03. The SMILES string of the molecule is CC(C)(CNC(=O)NC1CCC2(CC1)CC2(F)F)C1=CCOCC1. The Balaban J connectivity index is 1.41. The van der Waals surface area contributed by atoms with Gasteiger partial charge in [0.1, 0.15) is 0 Å². The molecular formula is C18H28F2N2O2. The van der Waals surface area contributed by atoms with Gasteiger partial charge in [0.25, 0.3) is 5.92 Å². The van der Waals surface area contributed by atoms with Crippen molar-refractivity contribution in [2.75, 3.05) is 19.8 Å². The zero-order chi connectivity index (χ0) is 17.4. The van der Waals surface area contributed by atoms with Crippen molar-refractivity contribution in [3.63, 3.8) is 0 Å². The molecule has 0 bridgehead atoms. The Bertz CT molecular complexity index is 523. The number of halogens is 2. The van der Waals surface area contributed by atoms with Gasteiger partial charge in [0.2, 0.25) is 0 Å². The highest BCUT2D eigenvalue weighted by Crippen LogP contribution is 2.67. The molecule has 1 spiro atoms. The minimum absolute atomic E-state index is 0.0115. The molecule has 2 saturated carbocycles. The van der Waals surface area contributed by atoms with E-state index in [0.29, 0.717) is 38.8 Å². The fourth-order valence-electron chi connectivity index (χ4n) is 4.03. The van der Waals surface area contributed by atoms with Crippen molar-refractivity contribution in [1.29, 1.82) is 0 Å². The maximum Gasteiger partial charge on any atom is 0.315 e. The Hall–Kier alpha value is -1.17. The van der Waals surface area contributed by atoms with Crippen LogP contribution in [0, 0.1) is 10.8 Å². The van der Waals surface area contributed by atoms with E-state index in [2.05, 4.69) is 30.6 Å². The highest BCUT2D eigenvalue weighted by molar-refractivity contribution is 5.74. The van der Waals surface area contributed by atoms with Crippen molar-refractivity contribution in [2.45, 2.75) is 64.3 Å². The maximum atomic E-state index is 13.4. The van der Waals surface area contributed by atoms with Gasteiger partial charge >= 0.3 is 6.03 Å². The van der Waals surface area contributed by atoms with Crippen molar-refractivity contribution < 1.29 is 18.3 Å². The van der Waals surface area contributed by atoms with E-state index < -0.39 is 11.3 Å². The Kier molecular flexibility index (Phi) is 4.62. The molecule has 0 aromatic carbocycles. The summed E-state index contributed by atoms with van der Waals surface area (Å²) < 4.78 is 32.1. The molecular weight excluding hydrogens is 314 g/mol. The number of carbonyl (C=O) groups is 1. The zero-order valence-corrected chi connectivity index (χ0v) is 14.6. The van der Waals surface area contributed by atoms with Gasteiger partial charge in [0, 0.05) is 29.8 Å². The molecule has 136 valence electrons. The van der Waals surface area contributed by atoms with E-state index in [1.807, 2.05) is 0 Å². The number of hydrogen-bond acceptors (Lipinski definition) is 2. The van der Waals surface area contributed by atoms with E-state index in [1.165, 1.54) is 5.57 Å². The smallest absolute Gasteiger partial charge is 0.315 e. The average molecular weight is 342 g/mol. The summed E-state index contributed by atoms with van der Waals surface area (Å²) in [4.78, 5) is 12.1. The Morgan fingerprint density at radius 1 is 1.38 bits per heavy atom. The largest absolute Gasteiger partial charge is 0.377 e. The van der Waals surface area contributed by atoms with E-state index in [1.54, 1.807) is 0 Å². The molecule has 2 fully saturated rings. The lowest BCUT2D eigenvalue weighted by Crippen LogP contribution is -2.47. The highest BCUT2D eigenvalue weighted by atomic mass is 19.3. The first-order valence-corrected chi connectivity index (χ1v) is 8.94. The fraction of sp³-hybridized carbons (Fsp3) is 0.833. The van der Waals surface area contributed by atoms with Crippen LogP contribution in [0.25, 0.3) is 0 Å². The molecule has 24 heavy (non-hydrogen) atoms. The summed E-state index contributed by atoms with van der Waals surface area (Å²) in [6.45, 7) is 6.16. The van der Waals surface area contributed by atoms with Gasteiger partial charge in [-0.15, -0.1) is 0 Å². The lowest BCUT2D eigenvalue weighted by molar-refractivity contribution is 0.0445. The number of nitrogens with one attached hydrogen (secondary N) is 2. The monoisotopic (exact) mass is 342 g/mol. The number of carbonyl (C=O) groups excluding carboxylic acids is 1. The van der Waals surface area contributed by atoms with E-state index in [4.69, 9.17) is 4.74 Å². The van der Waals surface area contributed by atoms with Crippen LogP contribution in [0.2, 0.25) is 0 Å². The topological polar surface area (TPSA) is 50.4 Å². The molecule has 0 aromatic heterocycles. The summed E-state index contributed by atoms with van der Waals surface area (Å²) >= 11 is 0. The summed E-state index contributed by atoms with van der Waals surface area (Å²) in [6, 6.07) is -0.184. The molecule has 3 aliphatic rings. The molecule has 0 saturated heterocycles. The first-order chi connectivity index (χ1) is 11.2. The molecule has 0 aromatic rings. The zero-order valence-electron chi connectivity index (χ0n) is 14.6. The van der Waals surface area contributed by atoms with Crippen LogP contribution < -0.4 is 10.6 Å². The number of rotatable bonds is 4. The number of ether oxygens (including phenoxy) is 1. The van der Waals surface area contributed by atoms with Crippen molar-refractivity contribution >= 4 is 6.03 Å². The van der Waals surface area contributed by atoms with Crippen molar-refractivity contribution in [2.24, 2.45) is 10.8 Å². The van der Waals surface area contributed by atoms with Gasteiger partial charge in [0.15, 0.2) is 0 Å². The van der Waals surface area contributed by atoms with Crippen molar-refractivity contribution in [3.8, 4) is 0 Å². The summed E-state index contributed by atoms with van der Waals surface area (Å²) in [7, 11) is 0. The average Bonchev–Trinajstić information content (AvgIpc) is 3.09. The predicted molar refractivity (Wildman–Crippen MR) is 88.1 cm³/mol. The number of amides is 2. The molecule has 1 aliphatic heterocycles. The third-order valence-electron chi connectivity index (χ3n) is 6.01. The molecule has 2 N–H and O–H groups in total. The van der Waals surface area contributed by atoms with Gasteiger partial charge in [-0.3, -0.25) is 0 Å². The molecule has 0 atom stereocenters. The van der Waals surface area contributed by atoms with E-state index in [-0.39, 0.29) is 23.9 Å². The van der Waals surface area contributed by atoms with E-state index in [9.17, 15) is 13.6 Å². The van der Waals surface area contributed by atoms with Gasteiger partial charge in [0.05, 0.1) is 13.2 Å². The van der Waals surface area contributed by atoms with Crippen LogP contribution in [0.5, 0.6) is 0 Å². The summed E-state index contributed by atoms with van der Waals surface area (Å²) in [5.74, 6) is -2.47. The normalized spacial score (nSPS) is 32.2. The minimum Gasteiger partial charge on any atom is -0.377 e. The Morgan fingerprint density at radius 2 is 2.04 bits per heavy atom. The Labute approximate surface area is 142 Å². The second kappa shape index (κ2) is 6.28. The maximum absolute atomic E-state index is 13.4. The molecule has 3 rings (SSSR count). The standard InChI is InChI=1S/C18H28F2N2O2/c1-16(2,13-5-9-24-10-6-13)12-21-15(23)22-14-3-7-17(8-4-14)11-18(17,19)20/h5,14H,3-4,6-12H2,1-2H3,(H2,21,22,23). The van der Waals surface area contributed by atoms with Gasteiger partial charge in [-0.2, -0.15) is 0 Å². The molecule has 6 heteroatoms. The lowest BCUT2D eigenvalue weighted by Gasteiger charge is -2.32. The highest BCUT2D eigenvalue weighted by Gasteiger charge is 2.70. The molecule has 0 unspecified atom stereocenters. The third-order valence-corrected chi connectivity index (χ3v) is 6.01. The van der Waals surface area contributed by atoms with Gasteiger partial charge < -0.3 is 15.4 Å². The van der Waals surface area contributed by atoms with Crippen molar-refractivity contribution in [3.05, 3.63) is 11.6 Å². The molecule has 0 radical (unpaired) electrons. The lowest BCUT2D eigenvalue weighted by atomic mass is 9.81. The van der Waals surface area contributed by atoms with Crippen LogP contribution in [-0.4, -0.2) is 37.8 Å². The van der Waals surface area contributed by atoms with Crippen LogP contribution in [-0.2, 0) is 4.74 Å². The van der Waals surface area contributed by atoms with Crippen LogP contribution in [0.15, 0.2) is 11.6 Å². The van der Waals surface area contributed by atoms with E-state index in [0.717, 1.165) is 13.0 Å². The second-order valence-electron chi connectivity index (χ2n) is 8.20. The minimum atomic E-state index is -2.47. The summed E-state index contributed by atoms with van der Waals surface area (Å²) in [5, 5.41) is 5.89. The van der Waals surface area contributed by atoms with Gasteiger partial charge in [-0.05, 0) is 32.1 Å². The Morgan fingerprint density at radius 3 is 2.58 bits per heavy atom. The quantitative estimate of drug-likeness (QED) is 0.767. The molecule has 2 aliphatic carbocycles. The first kappa shape index (κ1) is 17.6. The molecule has 1 heterocycles. The number of hydrogen-bond donors (Lipinski definition) is 2.